The van der Waals surface area contributed by atoms with Crippen molar-refractivity contribution < 1.29 is 18.7 Å². The third-order valence-corrected chi connectivity index (χ3v) is 4.69. The normalized spacial score (nSPS) is 16.3. The number of aryl methyl sites for hydroxylation is 1. The van der Waals surface area contributed by atoms with Gasteiger partial charge in [-0.25, -0.2) is 9.37 Å². The number of nitrogens with one attached hydrogen (secondary N) is 1. The van der Waals surface area contributed by atoms with Crippen LogP contribution >= 0.6 is 0 Å². The number of carbonyl (C=O) groups excluding carboxylic acids is 1. The number of aromatic nitrogens is 1. The predicted molar refractivity (Wildman–Crippen MR) is 92.3 cm³/mol. The summed E-state index contributed by atoms with van der Waals surface area (Å²) in [5.41, 5.74) is 0.696. The Balaban J connectivity index is 1.94. The Morgan fingerprint density at radius 3 is 2.60 bits per heavy atom. The van der Waals surface area contributed by atoms with E-state index in [1.54, 1.807) is 37.3 Å². The van der Waals surface area contributed by atoms with Gasteiger partial charge in [-0.05, 0) is 31.9 Å². The smallest absolute Gasteiger partial charge is 0.235 e. The number of ether oxygens (including phenoxy) is 2. The third kappa shape index (κ3) is 3.35. The van der Waals surface area contributed by atoms with E-state index in [9.17, 15) is 9.18 Å². The number of carbonyl (C=O) groups is 1. The zero-order valence-electron chi connectivity index (χ0n) is 14.3. The Hall–Kier alpha value is -2.47. The van der Waals surface area contributed by atoms with Crippen molar-refractivity contribution in [2.75, 3.05) is 25.6 Å². The fourth-order valence-electron chi connectivity index (χ4n) is 3.21. The van der Waals surface area contributed by atoms with E-state index in [0.29, 0.717) is 48.9 Å². The molecule has 0 unspecified atom stereocenters. The van der Waals surface area contributed by atoms with Crippen LogP contribution in [0.4, 0.5) is 10.1 Å². The van der Waals surface area contributed by atoms with E-state index in [-0.39, 0.29) is 11.7 Å². The first-order valence-corrected chi connectivity index (χ1v) is 8.23. The minimum atomic E-state index is -0.948. The van der Waals surface area contributed by atoms with E-state index in [1.807, 2.05) is 0 Å². The molecule has 6 heteroatoms. The minimum Gasteiger partial charge on any atom is -0.481 e. The van der Waals surface area contributed by atoms with Gasteiger partial charge in [0, 0.05) is 24.8 Å². The summed E-state index contributed by atoms with van der Waals surface area (Å²) in [4.78, 5) is 17.4. The van der Waals surface area contributed by atoms with E-state index in [2.05, 4.69) is 10.3 Å². The lowest BCUT2D eigenvalue weighted by atomic mass is 9.73. The lowest BCUT2D eigenvalue weighted by Gasteiger charge is -2.36. The summed E-state index contributed by atoms with van der Waals surface area (Å²) in [5, 5.41) is 2.92. The van der Waals surface area contributed by atoms with Crippen molar-refractivity contribution in [3.8, 4) is 5.88 Å². The first-order chi connectivity index (χ1) is 12.1. The topological polar surface area (TPSA) is 60.5 Å². The Morgan fingerprint density at radius 1 is 1.24 bits per heavy atom. The summed E-state index contributed by atoms with van der Waals surface area (Å²) >= 11 is 0. The number of nitrogens with zero attached hydrogens (tertiary/aromatic N) is 1. The second-order valence-corrected chi connectivity index (χ2v) is 6.12. The van der Waals surface area contributed by atoms with Gasteiger partial charge < -0.3 is 14.8 Å². The zero-order chi connectivity index (χ0) is 17.9. The van der Waals surface area contributed by atoms with Crippen LogP contribution in [0, 0.1) is 12.7 Å². The molecular weight excluding hydrogens is 323 g/mol. The molecule has 0 bridgehead atoms. The Bertz CT molecular complexity index is 773. The summed E-state index contributed by atoms with van der Waals surface area (Å²) in [6.07, 6.45) is 0.866. The van der Waals surface area contributed by atoms with E-state index in [0.717, 1.165) is 0 Å². The largest absolute Gasteiger partial charge is 0.481 e. The van der Waals surface area contributed by atoms with Gasteiger partial charge in [0.1, 0.15) is 5.82 Å². The molecule has 1 saturated heterocycles. The van der Waals surface area contributed by atoms with Crippen molar-refractivity contribution in [1.29, 1.82) is 0 Å². The Kier molecular flexibility index (Phi) is 4.99. The van der Waals surface area contributed by atoms with Crippen LogP contribution in [0.3, 0.4) is 0 Å². The molecule has 5 nitrogen and oxygen atoms in total. The van der Waals surface area contributed by atoms with Crippen molar-refractivity contribution in [3.63, 3.8) is 0 Å². The van der Waals surface area contributed by atoms with Crippen LogP contribution in [0.15, 0.2) is 36.4 Å². The number of rotatable bonds is 4. The minimum absolute atomic E-state index is 0.240. The molecule has 132 valence electrons. The molecular formula is C19H21FN2O3. The van der Waals surface area contributed by atoms with Crippen LogP contribution in [0.2, 0.25) is 0 Å². The molecule has 1 aliphatic rings. The van der Waals surface area contributed by atoms with E-state index in [4.69, 9.17) is 9.47 Å². The van der Waals surface area contributed by atoms with Gasteiger partial charge in [-0.2, -0.15) is 0 Å². The number of methoxy groups -OCH3 is 1. The number of benzene rings is 1. The van der Waals surface area contributed by atoms with Crippen molar-refractivity contribution >= 4 is 11.6 Å². The molecule has 1 fully saturated rings. The molecule has 0 spiro atoms. The van der Waals surface area contributed by atoms with Crippen LogP contribution in [-0.2, 0) is 14.9 Å². The number of pyridine rings is 1. The van der Waals surface area contributed by atoms with Gasteiger partial charge in [-0.1, -0.05) is 18.2 Å². The zero-order valence-corrected chi connectivity index (χ0v) is 14.3. The van der Waals surface area contributed by atoms with E-state index < -0.39 is 5.41 Å². The molecule has 1 aromatic heterocycles. The average Bonchev–Trinajstić information content (AvgIpc) is 2.64. The summed E-state index contributed by atoms with van der Waals surface area (Å²) in [5.74, 6) is -0.134. The molecule has 0 radical (unpaired) electrons. The van der Waals surface area contributed by atoms with Gasteiger partial charge in [0.15, 0.2) is 0 Å². The molecule has 0 aliphatic carbocycles. The maximum absolute atomic E-state index is 14.4. The van der Waals surface area contributed by atoms with Crippen LogP contribution in [0.1, 0.15) is 24.1 Å². The van der Waals surface area contributed by atoms with E-state index >= 15 is 0 Å². The highest BCUT2D eigenvalue weighted by molar-refractivity contribution is 5.99. The van der Waals surface area contributed by atoms with Gasteiger partial charge in [0.2, 0.25) is 11.8 Å². The van der Waals surface area contributed by atoms with Crippen LogP contribution < -0.4 is 10.1 Å². The highest BCUT2D eigenvalue weighted by Gasteiger charge is 2.43. The van der Waals surface area contributed by atoms with Crippen molar-refractivity contribution in [3.05, 3.63) is 53.5 Å². The van der Waals surface area contributed by atoms with Crippen LogP contribution in [0.5, 0.6) is 5.88 Å². The Labute approximate surface area is 146 Å². The fraction of sp³-hybridized carbons (Fsp3) is 0.368. The molecule has 0 saturated carbocycles. The summed E-state index contributed by atoms with van der Waals surface area (Å²) in [7, 11) is 1.54. The van der Waals surface area contributed by atoms with E-state index in [1.165, 1.54) is 13.2 Å². The molecule has 2 heterocycles. The quantitative estimate of drug-likeness (QED) is 0.925. The lowest BCUT2D eigenvalue weighted by Crippen LogP contribution is -2.45. The summed E-state index contributed by atoms with van der Waals surface area (Å²) < 4.78 is 24.9. The van der Waals surface area contributed by atoms with Gasteiger partial charge >= 0.3 is 0 Å². The lowest BCUT2D eigenvalue weighted by molar-refractivity contribution is -0.125. The maximum atomic E-state index is 14.4. The maximum Gasteiger partial charge on any atom is 0.235 e. The SMILES string of the molecule is COc1ccc(NC(=O)C2(c3ccccc3F)CCOCC2)c(C)n1. The predicted octanol–water partition coefficient (Wildman–Crippen LogP) is 3.22. The molecule has 25 heavy (non-hydrogen) atoms. The summed E-state index contributed by atoms with van der Waals surface area (Å²) in [6.45, 7) is 2.63. The molecule has 0 atom stereocenters. The highest BCUT2D eigenvalue weighted by atomic mass is 19.1. The first kappa shape index (κ1) is 17.4. The van der Waals surface area contributed by atoms with Crippen molar-refractivity contribution in [1.82, 2.24) is 4.98 Å². The van der Waals surface area contributed by atoms with Crippen molar-refractivity contribution in [2.24, 2.45) is 0 Å². The van der Waals surface area contributed by atoms with Gasteiger partial charge in [-0.3, -0.25) is 4.79 Å². The number of amides is 1. The number of anilines is 1. The average molecular weight is 344 g/mol. The molecule has 2 aromatic rings. The molecule has 3 rings (SSSR count). The van der Waals surface area contributed by atoms with Gasteiger partial charge in [0.25, 0.3) is 0 Å². The second kappa shape index (κ2) is 7.19. The van der Waals surface area contributed by atoms with Crippen LogP contribution in [-0.4, -0.2) is 31.2 Å². The number of hydrogen-bond acceptors (Lipinski definition) is 4. The number of halogens is 1. The number of hydrogen-bond donors (Lipinski definition) is 1. The van der Waals surface area contributed by atoms with Crippen LogP contribution in [0.25, 0.3) is 0 Å². The second-order valence-electron chi connectivity index (χ2n) is 6.12. The summed E-state index contributed by atoms with van der Waals surface area (Å²) in [6, 6.07) is 9.87. The van der Waals surface area contributed by atoms with Gasteiger partial charge in [0.05, 0.1) is 23.9 Å². The van der Waals surface area contributed by atoms with Gasteiger partial charge in [-0.15, -0.1) is 0 Å². The standard InChI is InChI=1S/C19H21FN2O3/c1-13-16(7-8-17(21-13)24-2)22-18(23)19(9-11-25-12-10-19)14-5-3-4-6-15(14)20/h3-8H,9-12H2,1-2H3,(H,22,23). The molecule has 1 aliphatic heterocycles. The molecule has 1 N–H and O–H groups in total. The Morgan fingerprint density at radius 2 is 1.96 bits per heavy atom. The monoisotopic (exact) mass is 344 g/mol. The first-order valence-electron chi connectivity index (χ1n) is 8.23. The fourth-order valence-corrected chi connectivity index (χ4v) is 3.21. The third-order valence-electron chi connectivity index (χ3n) is 4.69. The molecule has 1 aromatic carbocycles. The highest BCUT2D eigenvalue weighted by Crippen LogP contribution is 2.37. The molecule has 1 amide bonds. The van der Waals surface area contributed by atoms with Crippen molar-refractivity contribution in [2.45, 2.75) is 25.2 Å².